The second kappa shape index (κ2) is 8.65. The summed E-state index contributed by atoms with van der Waals surface area (Å²) >= 11 is -2.06. The first-order valence-electron chi connectivity index (χ1n) is 6.73. The molecule has 0 aliphatic carbocycles. The quantitative estimate of drug-likeness (QED) is 0.565. The van der Waals surface area contributed by atoms with Crippen LogP contribution in [0.25, 0.3) is 11.1 Å². The molecule has 2 aromatic carbocycles. The summed E-state index contributed by atoms with van der Waals surface area (Å²) in [4.78, 5) is 0. The average Bonchev–Trinajstić information content (AvgIpc) is 2.56. The molecule has 0 bridgehead atoms. The predicted molar refractivity (Wildman–Crippen MR) is 87.2 cm³/mol. The van der Waals surface area contributed by atoms with E-state index < -0.39 is 28.6 Å². The summed E-state index contributed by atoms with van der Waals surface area (Å²) in [5.74, 6) is -0.738. The van der Waals surface area contributed by atoms with Crippen LogP contribution >= 0.6 is 0 Å². The van der Waals surface area contributed by atoms with Crippen LogP contribution in [0.3, 0.4) is 0 Å². The van der Waals surface area contributed by atoms with E-state index in [4.69, 9.17) is 5.73 Å². The molecule has 0 saturated carbocycles. The van der Waals surface area contributed by atoms with Gasteiger partial charge in [-0.15, -0.1) is 0 Å². The van der Waals surface area contributed by atoms with E-state index in [0.717, 1.165) is 17.5 Å². The fourth-order valence-corrected chi connectivity index (χ4v) is 1.89. The summed E-state index contributed by atoms with van der Waals surface area (Å²) in [6.07, 6.45) is -4.46. The Bertz CT molecular complexity index is 778. The Kier molecular flexibility index (Phi) is 7.16. The third-order valence-corrected chi connectivity index (χ3v) is 3.35. The van der Waals surface area contributed by atoms with Crippen LogP contribution in [0.5, 0.6) is 11.5 Å². The zero-order valence-electron chi connectivity index (χ0n) is 12.8. The highest BCUT2D eigenvalue weighted by molar-refractivity contribution is 7.82. The third-order valence-electron chi connectivity index (χ3n) is 3.08. The van der Waals surface area contributed by atoms with Crippen LogP contribution in [-0.4, -0.2) is 19.0 Å². The fraction of sp³-hybridized carbons (Fsp3) is 0.125. The minimum absolute atomic E-state index is 0.0646. The first kappa shape index (κ1) is 20.7. The second-order valence-electron chi connectivity index (χ2n) is 4.70. The summed E-state index contributed by atoms with van der Waals surface area (Å²) in [5, 5.41) is 19.5. The topological polar surface area (TPSA) is 107 Å². The maximum Gasteiger partial charge on any atom is 0.416 e. The molecular formula is C16H15F3NO4S-. The molecule has 0 radical (unpaired) electrons. The Balaban J connectivity index is 0.000000550. The van der Waals surface area contributed by atoms with E-state index in [2.05, 4.69) is 6.58 Å². The molecule has 0 saturated heterocycles. The molecule has 25 heavy (non-hydrogen) atoms. The minimum atomic E-state index is -4.46. The van der Waals surface area contributed by atoms with Crippen LogP contribution in [0.1, 0.15) is 11.1 Å². The van der Waals surface area contributed by atoms with Gasteiger partial charge in [-0.3, -0.25) is 4.21 Å². The minimum Gasteiger partial charge on any atom is -0.769 e. The summed E-state index contributed by atoms with van der Waals surface area (Å²) in [7, 11) is 0. The van der Waals surface area contributed by atoms with Crippen LogP contribution in [0, 0.1) is 0 Å². The molecule has 0 heterocycles. The zero-order chi connectivity index (χ0) is 19.2. The lowest BCUT2D eigenvalue weighted by molar-refractivity contribution is -0.137. The molecule has 1 unspecified atom stereocenters. The zero-order valence-corrected chi connectivity index (χ0v) is 13.6. The van der Waals surface area contributed by atoms with E-state index in [1.165, 1.54) is 24.3 Å². The molecule has 5 nitrogen and oxygen atoms in total. The molecule has 4 N–H and O–H groups in total. The van der Waals surface area contributed by atoms with Gasteiger partial charge in [-0.1, -0.05) is 18.7 Å². The Morgan fingerprint density at radius 2 is 1.76 bits per heavy atom. The van der Waals surface area contributed by atoms with Crippen molar-refractivity contribution in [3.8, 4) is 22.6 Å². The number of phenols is 2. The van der Waals surface area contributed by atoms with Crippen LogP contribution in [0.4, 0.5) is 13.2 Å². The molecule has 0 aliphatic rings. The summed E-state index contributed by atoms with van der Waals surface area (Å²) in [5.41, 5.74) is 5.87. The highest BCUT2D eigenvalue weighted by Gasteiger charge is 2.31. The van der Waals surface area contributed by atoms with E-state index in [9.17, 15) is 32.1 Å². The van der Waals surface area contributed by atoms with Gasteiger partial charge in [-0.05, 0) is 57.4 Å². The summed E-state index contributed by atoms with van der Waals surface area (Å²) in [6, 6.07) is 7.08. The van der Waals surface area contributed by atoms with E-state index >= 15 is 0 Å². The maximum atomic E-state index is 12.7. The lowest BCUT2D eigenvalue weighted by atomic mass is 9.96. The molecule has 1 atom stereocenters. The molecule has 2 aromatic rings. The van der Waals surface area contributed by atoms with Crippen molar-refractivity contribution in [3.63, 3.8) is 0 Å². The molecule has 0 spiro atoms. The van der Waals surface area contributed by atoms with Crippen LogP contribution in [-0.2, 0) is 23.8 Å². The third kappa shape index (κ3) is 5.89. The van der Waals surface area contributed by atoms with E-state index in [-0.39, 0.29) is 17.9 Å². The van der Waals surface area contributed by atoms with Gasteiger partial charge in [-0.2, -0.15) is 13.2 Å². The van der Waals surface area contributed by atoms with Gasteiger partial charge in [0.2, 0.25) is 0 Å². The molecule has 2 rings (SSSR count). The highest BCUT2D eigenvalue weighted by atomic mass is 32.2. The van der Waals surface area contributed by atoms with E-state index in [0.29, 0.717) is 11.1 Å². The number of benzene rings is 2. The molecule has 0 amide bonds. The van der Waals surface area contributed by atoms with Crippen molar-refractivity contribution in [2.45, 2.75) is 12.7 Å². The smallest absolute Gasteiger partial charge is 0.416 e. The molecular weight excluding hydrogens is 359 g/mol. The Morgan fingerprint density at radius 1 is 1.16 bits per heavy atom. The van der Waals surface area contributed by atoms with Crippen LogP contribution in [0.2, 0.25) is 0 Å². The number of halogens is 3. The van der Waals surface area contributed by atoms with Gasteiger partial charge in [0.05, 0.1) is 5.56 Å². The number of rotatable bonds is 3. The summed E-state index contributed by atoms with van der Waals surface area (Å²) < 4.78 is 56.7. The van der Waals surface area contributed by atoms with Crippen molar-refractivity contribution in [2.24, 2.45) is 5.73 Å². The molecule has 136 valence electrons. The van der Waals surface area contributed by atoms with Crippen LogP contribution < -0.4 is 5.73 Å². The largest absolute Gasteiger partial charge is 0.769 e. The van der Waals surface area contributed by atoms with E-state index in [1.807, 2.05) is 0 Å². The fourth-order valence-electron chi connectivity index (χ4n) is 1.89. The Labute approximate surface area is 144 Å². The monoisotopic (exact) mass is 374 g/mol. The number of phenolic OH excluding ortho intramolecular Hbond substituents is 2. The van der Waals surface area contributed by atoms with Crippen molar-refractivity contribution in [2.75, 3.05) is 0 Å². The lowest BCUT2D eigenvalue weighted by Gasteiger charge is -2.13. The van der Waals surface area contributed by atoms with Gasteiger partial charge in [0, 0.05) is 6.54 Å². The van der Waals surface area contributed by atoms with E-state index in [1.54, 1.807) is 0 Å². The van der Waals surface area contributed by atoms with Gasteiger partial charge in [0.15, 0.2) is 11.5 Å². The molecule has 0 aliphatic heterocycles. The molecule has 9 heteroatoms. The van der Waals surface area contributed by atoms with Crippen molar-refractivity contribution >= 4 is 11.1 Å². The number of hydrogen-bond donors (Lipinski definition) is 3. The first-order valence-corrected chi connectivity index (χ1v) is 7.87. The standard InChI is InChI=1S/C14H12F3NO2.C2H4O2S/c15-14(16,17)10-3-1-9(7-18)11(6-10)8-2-4-12(19)13(20)5-8;1-2-5(3)4/h1-6,19-20H,7,18H2;2H,1H2,(H,3,4)/p-1. The van der Waals surface area contributed by atoms with Crippen molar-refractivity contribution in [3.05, 3.63) is 59.5 Å². The number of hydrogen-bond acceptors (Lipinski definition) is 5. The lowest BCUT2D eigenvalue weighted by Crippen LogP contribution is -2.07. The van der Waals surface area contributed by atoms with Gasteiger partial charge >= 0.3 is 6.18 Å². The van der Waals surface area contributed by atoms with Gasteiger partial charge in [0.1, 0.15) is 0 Å². The summed E-state index contributed by atoms with van der Waals surface area (Å²) in [6.45, 7) is 3.01. The van der Waals surface area contributed by atoms with Gasteiger partial charge in [0.25, 0.3) is 0 Å². The van der Waals surface area contributed by atoms with Crippen molar-refractivity contribution < 1.29 is 32.1 Å². The second-order valence-corrected chi connectivity index (χ2v) is 5.56. The van der Waals surface area contributed by atoms with Crippen molar-refractivity contribution in [1.82, 2.24) is 0 Å². The van der Waals surface area contributed by atoms with Crippen LogP contribution in [0.15, 0.2) is 48.4 Å². The van der Waals surface area contributed by atoms with Gasteiger partial charge in [-0.25, -0.2) is 0 Å². The predicted octanol–water partition coefficient (Wildman–Crippen LogP) is 3.25. The normalized spacial score (nSPS) is 12.0. The maximum absolute atomic E-state index is 12.7. The van der Waals surface area contributed by atoms with Gasteiger partial charge < -0.3 is 20.5 Å². The number of aromatic hydroxyl groups is 2. The molecule has 0 fully saturated rings. The Hall–Kier alpha value is -2.36. The van der Waals surface area contributed by atoms with Crippen molar-refractivity contribution in [1.29, 1.82) is 0 Å². The number of nitrogens with two attached hydrogens (primary N) is 1. The highest BCUT2D eigenvalue weighted by Crippen LogP contribution is 2.36. The number of alkyl halides is 3. The Morgan fingerprint density at radius 3 is 2.20 bits per heavy atom. The first-order chi connectivity index (χ1) is 11.6. The average molecular weight is 374 g/mol. The SMILES string of the molecule is C=CS(=O)[O-].NCc1ccc(C(F)(F)F)cc1-c1ccc(O)c(O)c1. The molecule has 0 aromatic heterocycles.